The Morgan fingerprint density at radius 1 is 0.850 bits per heavy atom. The monoisotopic (exact) mass is 400 g/mol. The molecule has 0 N–H and O–H groups in total. The van der Waals surface area contributed by atoms with Crippen molar-refractivity contribution in [3.63, 3.8) is 0 Å². The third-order valence-corrected chi connectivity index (χ3v) is 3.99. The minimum absolute atomic E-state index is 0.480. The lowest BCUT2D eigenvalue weighted by Crippen LogP contribution is -1.97. The average molecular weight is 402 g/mol. The van der Waals surface area contributed by atoms with Crippen LogP contribution in [-0.4, -0.2) is 14.2 Å². The van der Waals surface area contributed by atoms with Crippen molar-refractivity contribution in [2.75, 3.05) is 14.2 Å². The molecule has 106 valence electrons. The summed E-state index contributed by atoms with van der Waals surface area (Å²) in [4.78, 5) is 0. The van der Waals surface area contributed by atoms with E-state index in [9.17, 15) is 0 Å². The van der Waals surface area contributed by atoms with Crippen LogP contribution in [0.3, 0.4) is 0 Å². The van der Waals surface area contributed by atoms with Crippen LogP contribution >= 0.6 is 31.9 Å². The number of benzene rings is 2. The fourth-order valence-corrected chi connectivity index (χ4v) is 2.75. The van der Waals surface area contributed by atoms with Crippen LogP contribution in [0.4, 0.5) is 0 Å². The summed E-state index contributed by atoms with van der Waals surface area (Å²) in [6, 6.07) is 11.5. The number of methoxy groups -OCH3 is 2. The van der Waals surface area contributed by atoms with Crippen LogP contribution in [0.25, 0.3) is 0 Å². The Bertz CT molecular complexity index is 600. The Morgan fingerprint density at radius 3 is 2.15 bits per heavy atom. The third kappa shape index (κ3) is 3.67. The molecule has 5 heteroatoms. The molecular formula is C15H14Br2O3. The van der Waals surface area contributed by atoms with Gasteiger partial charge in [0, 0.05) is 0 Å². The molecule has 0 unspecified atom stereocenters. The Morgan fingerprint density at radius 2 is 1.55 bits per heavy atom. The summed E-state index contributed by atoms with van der Waals surface area (Å²) in [6.45, 7) is 0.480. The minimum Gasteiger partial charge on any atom is -0.497 e. The first-order valence-corrected chi connectivity index (χ1v) is 7.51. The van der Waals surface area contributed by atoms with Gasteiger partial charge in [-0.1, -0.05) is 6.07 Å². The highest BCUT2D eigenvalue weighted by molar-refractivity contribution is 9.10. The van der Waals surface area contributed by atoms with Crippen molar-refractivity contribution >= 4 is 31.9 Å². The topological polar surface area (TPSA) is 27.7 Å². The number of hydrogen-bond acceptors (Lipinski definition) is 3. The van der Waals surface area contributed by atoms with E-state index in [1.54, 1.807) is 14.2 Å². The van der Waals surface area contributed by atoms with Crippen LogP contribution in [0.5, 0.6) is 17.2 Å². The molecule has 0 aromatic heterocycles. The zero-order valence-electron chi connectivity index (χ0n) is 11.2. The molecule has 0 heterocycles. The van der Waals surface area contributed by atoms with Gasteiger partial charge in [-0.05, 0) is 67.8 Å². The Balaban J connectivity index is 2.07. The smallest absolute Gasteiger partial charge is 0.134 e. The van der Waals surface area contributed by atoms with E-state index in [1.807, 2.05) is 36.4 Å². The van der Waals surface area contributed by atoms with Gasteiger partial charge in [0.05, 0.1) is 23.2 Å². The van der Waals surface area contributed by atoms with Crippen molar-refractivity contribution in [2.45, 2.75) is 6.61 Å². The van der Waals surface area contributed by atoms with E-state index in [0.29, 0.717) is 6.61 Å². The highest BCUT2D eigenvalue weighted by Gasteiger charge is 2.05. The highest BCUT2D eigenvalue weighted by atomic mass is 79.9. The standard InChI is InChI=1S/C15H14Br2O3/c1-18-11-4-6-15(13(17)8-11)20-9-10-3-5-14(19-2)12(16)7-10/h3-8H,9H2,1-2H3. The minimum atomic E-state index is 0.480. The average Bonchev–Trinajstić information content (AvgIpc) is 2.46. The quantitative estimate of drug-likeness (QED) is 0.719. The van der Waals surface area contributed by atoms with Gasteiger partial charge in [-0.2, -0.15) is 0 Å². The molecular weight excluding hydrogens is 388 g/mol. The summed E-state index contributed by atoms with van der Waals surface area (Å²) < 4.78 is 17.9. The maximum Gasteiger partial charge on any atom is 0.134 e. The van der Waals surface area contributed by atoms with Crippen molar-refractivity contribution in [1.29, 1.82) is 0 Å². The summed E-state index contributed by atoms with van der Waals surface area (Å²) in [5, 5.41) is 0. The van der Waals surface area contributed by atoms with Crippen LogP contribution in [0.2, 0.25) is 0 Å². The third-order valence-electron chi connectivity index (χ3n) is 2.75. The van der Waals surface area contributed by atoms with Crippen LogP contribution < -0.4 is 14.2 Å². The van der Waals surface area contributed by atoms with E-state index in [2.05, 4.69) is 31.9 Å². The predicted octanol–water partition coefficient (Wildman–Crippen LogP) is 4.81. The molecule has 0 bridgehead atoms. The molecule has 3 nitrogen and oxygen atoms in total. The normalized spacial score (nSPS) is 10.2. The zero-order valence-corrected chi connectivity index (χ0v) is 14.3. The second-order valence-corrected chi connectivity index (χ2v) is 5.76. The summed E-state index contributed by atoms with van der Waals surface area (Å²) in [6.07, 6.45) is 0. The maximum absolute atomic E-state index is 5.79. The summed E-state index contributed by atoms with van der Waals surface area (Å²) >= 11 is 6.93. The largest absolute Gasteiger partial charge is 0.497 e. The molecule has 2 aromatic rings. The lowest BCUT2D eigenvalue weighted by molar-refractivity contribution is 0.303. The summed E-state index contributed by atoms with van der Waals surface area (Å²) in [7, 11) is 3.28. The molecule has 0 fully saturated rings. The maximum atomic E-state index is 5.79. The second kappa shape index (κ2) is 6.99. The van der Waals surface area contributed by atoms with E-state index in [-0.39, 0.29) is 0 Å². The van der Waals surface area contributed by atoms with Crippen LogP contribution in [0.1, 0.15) is 5.56 Å². The number of halogens is 2. The fraction of sp³-hybridized carbons (Fsp3) is 0.200. The first-order chi connectivity index (χ1) is 9.63. The van der Waals surface area contributed by atoms with Gasteiger partial charge in [0.25, 0.3) is 0 Å². The lowest BCUT2D eigenvalue weighted by atomic mass is 10.2. The molecule has 0 amide bonds. The van der Waals surface area contributed by atoms with Gasteiger partial charge in [0.1, 0.15) is 23.9 Å². The van der Waals surface area contributed by atoms with Gasteiger partial charge in [-0.25, -0.2) is 0 Å². The number of hydrogen-bond donors (Lipinski definition) is 0. The predicted molar refractivity (Wildman–Crippen MR) is 85.7 cm³/mol. The fourth-order valence-electron chi connectivity index (χ4n) is 1.69. The van der Waals surface area contributed by atoms with Gasteiger partial charge in [-0.3, -0.25) is 0 Å². The summed E-state index contributed by atoms with van der Waals surface area (Å²) in [5.41, 5.74) is 1.06. The van der Waals surface area contributed by atoms with Crippen molar-refractivity contribution in [2.24, 2.45) is 0 Å². The molecule has 0 saturated carbocycles. The molecule has 2 rings (SSSR count). The van der Waals surface area contributed by atoms with Crippen molar-refractivity contribution in [3.8, 4) is 17.2 Å². The van der Waals surface area contributed by atoms with E-state index in [0.717, 1.165) is 31.8 Å². The second-order valence-electron chi connectivity index (χ2n) is 4.05. The van der Waals surface area contributed by atoms with Crippen molar-refractivity contribution < 1.29 is 14.2 Å². The van der Waals surface area contributed by atoms with Crippen LogP contribution in [-0.2, 0) is 6.61 Å². The Labute approximate surface area is 135 Å². The van der Waals surface area contributed by atoms with Crippen molar-refractivity contribution in [3.05, 3.63) is 50.9 Å². The Hall–Kier alpha value is -1.20. The highest BCUT2D eigenvalue weighted by Crippen LogP contribution is 2.30. The molecule has 0 radical (unpaired) electrons. The first-order valence-electron chi connectivity index (χ1n) is 5.93. The van der Waals surface area contributed by atoms with Crippen LogP contribution in [0, 0.1) is 0 Å². The molecule has 0 saturated heterocycles. The van der Waals surface area contributed by atoms with Gasteiger partial charge in [0.2, 0.25) is 0 Å². The van der Waals surface area contributed by atoms with Crippen molar-refractivity contribution in [1.82, 2.24) is 0 Å². The van der Waals surface area contributed by atoms with Crippen LogP contribution in [0.15, 0.2) is 45.3 Å². The molecule has 20 heavy (non-hydrogen) atoms. The molecule has 0 aliphatic rings. The van der Waals surface area contributed by atoms with E-state index in [1.165, 1.54) is 0 Å². The first kappa shape index (κ1) is 15.2. The molecule has 0 atom stereocenters. The molecule has 0 spiro atoms. The lowest BCUT2D eigenvalue weighted by Gasteiger charge is -2.10. The molecule has 0 aliphatic carbocycles. The summed E-state index contributed by atoms with van der Waals surface area (Å²) in [5.74, 6) is 2.37. The Kier molecular flexibility index (Phi) is 5.31. The van der Waals surface area contributed by atoms with E-state index in [4.69, 9.17) is 14.2 Å². The number of rotatable bonds is 5. The SMILES string of the molecule is COc1ccc(OCc2ccc(OC)c(Br)c2)c(Br)c1. The van der Waals surface area contributed by atoms with E-state index < -0.39 is 0 Å². The van der Waals surface area contributed by atoms with Gasteiger partial charge >= 0.3 is 0 Å². The van der Waals surface area contributed by atoms with Gasteiger partial charge < -0.3 is 14.2 Å². The van der Waals surface area contributed by atoms with E-state index >= 15 is 0 Å². The zero-order chi connectivity index (χ0) is 14.5. The number of ether oxygens (including phenoxy) is 3. The van der Waals surface area contributed by atoms with Gasteiger partial charge in [0.15, 0.2) is 0 Å². The molecule has 0 aliphatic heterocycles. The van der Waals surface area contributed by atoms with Gasteiger partial charge in [-0.15, -0.1) is 0 Å². The molecule has 2 aromatic carbocycles.